The molecule has 1 amide bonds. The first kappa shape index (κ1) is 12.5. The van der Waals surface area contributed by atoms with Crippen LogP contribution in [-0.2, 0) is 24.2 Å². The van der Waals surface area contributed by atoms with E-state index in [9.17, 15) is 18.0 Å². The predicted molar refractivity (Wildman–Crippen MR) is 55.9 cm³/mol. The maximum atomic E-state index is 11.3. The summed E-state index contributed by atoms with van der Waals surface area (Å²) in [6.07, 6.45) is 1.81. The molecule has 0 aliphatic carbocycles. The molecule has 0 bridgehead atoms. The second-order valence-corrected chi connectivity index (χ2v) is 4.92. The summed E-state index contributed by atoms with van der Waals surface area (Å²) in [5.74, 6) is -2.91. The Bertz CT molecular complexity index is 477. The standard InChI is InChI=1S/C8H10N2O5S/c1-3-15-7(12)5-4-9-8(10-6(5)11)16(2,13)14/h4-5H,3H2,1-2H3. The molecule has 1 aliphatic heterocycles. The summed E-state index contributed by atoms with van der Waals surface area (Å²) in [5, 5.41) is -0.585. The van der Waals surface area contributed by atoms with Crippen LogP contribution in [0.1, 0.15) is 6.92 Å². The molecule has 0 saturated heterocycles. The van der Waals surface area contributed by atoms with E-state index < -0.39 is 32.8 Å². The van der Waals surface area contributed by atoms with Gasteiger partial charge >= 0.3 is 5.97 Å². The number of sulfone groups is 1. The van der Waals surface area contributed by atoms with Crippen molar-refractivity contribution in [2.24, 2.45) is 15.9 Å². The van der Waals surface area contributed by atoms with Crippen molar-refractivity contribution >= 4 is 33.1 Å². The van der Waals surface area contributed by atoms with Gasteiger partial charge in [0.05, 0.1) is 6.61 Å². The Labute approximate surface area is 92.1 Å². The Kier molecular flexibility index (Phi) is 3.53. The minimum atomic E-state index is -3.64. The number of rotatable bonds is 2. The number of hydrogen-bond donors (Lipinski definition) is 0. The van der Waals surface area contributed by atoms with Crippen LogP contribution < -0.4 is 0 Å². The van der Waals surface area contributed by atoms with Gasteiger partial charge in [0.1, 0.15) is 0 Å². The van der Waals surface area contributed by atoms with Gasteiger partial charge in [-0.15, -0.1) is 0 Å². The molecule has 1 rings (SSSR count). The minimum Gasteiger partial charge on any atom is -0.465 e. The molecular formula is C8H10N2O5S. The highest BCUT2D eigenvalue weighted by atomic mass is 32.2. The van der Waals surface area contributed by atoms with Crippen LogP contribution in [0.2, 0.25) is 0 Å². The molecule has 0 N–H and O–H groups in total. The lowest BCUT2D eigenvalue weighted by atomic mass is 10.1. The Morgan fingerprint density at radius 3 is 2.62 bits per heavy atom. The minimum absolute atomic E-state index is 0.124. The Morgan fingerprint density at radius 2 is 2.19 bits per heavy atom. The van der Waals surface area contributed by atoms with Crippen molar-refractivity contribution in [3.05, 3.63) is 0 Å². The number of carbonyl (C=O) groups excluding carboxylic acids is 2. The molecule has 16 heavy (non-hydrogen) atoms. The van der Waals surface area contributed by atoms with Crippen molar-refractivity contribution in [1.82, 2.24) is 0 Å². The van der Waals surface area contributed by atoms with E-state index in [1.165, 1.54) is 0 Å². The average molecular weight is 246 g/mol. The lowest BCUT2D eigenvalue weighted by molar-refractivity contribution is -0.148. The number of amidine groups is 1. The summed E-state index contributed by atoms with van der Waals surface area (Å²) in [6.45, 7) is 1.71. The highest BCUT2D eigenvalue weighted by Crippen LogP contribution is 2.08. The molecule has 1 atom stereocenters. The summed E-state index contributed by atoms with van der Waals surface area (Å²) in [7, 11) is -3.64. The van der Waals surface area contributed by atoms with Gasteiger partial charge in [-0.3, -0.25) is 9.59 Å². The summed E-state index contributed by atoms with van der Waals surface area (Å²) >= 11 is 0. The third kappa shape index (κ3) is 2.72. The van der Waals surface area contributed by atoms with E-state index >= 15 is 0 Å². The maximum absolute atomic E-state index is 11.3. The molecule has 0 aromatic heterocycles. The van der Waals surface area contributed by atoms with Crippen LogP contribution >= 0.6 is 0 Å². The Morgan fingerprint density at radius 1 is 1.56 bits per heavy atom. The third-order valence-corrected chi connectivity index (χ3v) is 2.54. The van der Waals surface area contributed by atoms with E-state index in [4.69, 9.17) is 0 Å². The molecule has 88 valence electrons. The first-order valence-corrected chi connectivity index (χ1v) is 6.28. The molecule has 0 spiro atoms. The molecular weight excluding hydrogens is 236 g/mol. The number of esters is 1. The first-order valence-electron chi connectivity index (χ1n) is 4.39. The van der Waals surface area contributed by atoms with E-state index in [-0.39, 0.29) is 6.61 Å². The van der Waals surface area contributed by atoms with E-state index in [1.807, 2.05) is 0 Å². The second kappa shape index (κ2) is 4.52. The van der Waals surface area contributed by atoms with Gasteiger partial charge in [-0.1, -0.05) is 0 Å². The SMILES string of the molecule is CCOC(=O)C1C=NC(S(C)(=O)=O)=NC1=O. The molecule has 1 heterocycles. The molecule has 0 saturated carbocycles. The van der Waals surface area contributed by atoms with Crippen molar-refractivity contribution in [1.29, 1.82) is 0 Å². The van der Waals surface area contributed by atoms with Crippen LogP contribution in [-0.4, -0.2) is 44.5 Å². The molecule has 0 aromatic carbocycles. The van der Waals surface area contributed by atoms with Crippen molar-refractivity contribution in [2.75, 3.05) is 12.9 Å². The van der Waals surface area contributed by atoms with Crippen LogP contribution in [0.4, 0.5) is 0 Å². The number of amides is 1. The van der Waals surface area contributed by atoms with E-state index in [0.717, 1.165) is 12.5 Å². The monoisotopic (exact) mass is 246 g/mol. The van der Waals surface area contributed by atoms with E-state index in [0.29, 0.717) is 0 Å². The summed E-state index contributed by atoms with van der Waals surface area (Å²) in [6, 6.07) is 0. The predicted octanol–water partition coefficient (Wildman–Crippen LogP) is -0.823. The average Bonchev–Trinajstić information content (AvgIpc) is 2.16. The molecule has 0 aromatic rings. The van der Waals surface area contributed by atoms with Crippen LogP contribution in [0.5, 0.6) is 0 Å². The maximum Gasteiger partial charge on any atom is 0.324 e. The first-order chi connectivity index (χ1) is 7.36. The summed E-state index contributed by atoms with van der Waals surface area (Å²) in [5.41, 5.74) is 0. The molecule has 1 unspecified atom stereocenters. The van der Waals surface area contributed by atoms with Crippen molar-refractivity contribution in [3.8, 4) is 0 Å². The fourth-order valence-corrected chi connectivity index (χ4v) is 1.48. The molecule has 7 nitrogen and oxygen atoms in total. The van der Waals surface area contributed by atoms with Gasteiger partial charge in [-0.2, -0.15) is 4.99 Å². The normalized spacial score (nSPS) is 20.5. The number of nitrogens with zero attached hydrogens (tertiary/aromatic N) is 2. The zero-order valence-electron chi connectivity index (χ0n) is 8.71. The zero-order chi connectivity index (χ0) is 12.3. The zero-order valence-corrected chi connectivity index (χ0v) is 9.52. The third-order valence-electron chi connectivity index (χ3n) is 1.68. The highest BCUT2D eigenvalue weighted by molar-refractivity contribution is 8.05. The summed E-state index contributed by atoms with van der Waals surface area (Å²) in [4.78, 5) is 29.2. The fraction of sp³-hybridized carbons (Fsp3) is 0.500. The van der Waals surface area contributed by atoms with E-state index in [1.54, 1.807) is 6.92 Å². The number of aliphatic imine (C=N–C) groups is 2. The van der Waals surface area contributed by atoms with Gasteiger partial charge in [0.15, 0.2) is 5.92 Å². The smallest absolute Gasteiger partial charge is 0.324 e. The van der Waals surface area contributed by atoms with Crippen LogP contribution in [0.25, 0.3) is 0 Å². The molecule has 0 fully saturated rings. The van der Waals surface area contributed by atoms with Gasteiger partial charge in [-0.05, 0) is 6.92 Å². The second-order valence-electron chi connectivity index (χ2n) is 3.01. The fourth-order valence-electron chi connectivity index (χ4n) is 0.967. The molecule has 1 aliphatic rings. The highest BCUT2D eigenvalue weighted by Gasteiger charge is 2.31. The summed E-state index contributed by atoms with van der Waals surface area (Å²) < 4.78 is 26.6. The Balaban J connectivity index is 2.90. The van der Waals surface area contributed by atoms with Gasteiger partial charge in [0, 0.05) is 12.5 Å². The number of carbonyl (C=O) groups is 2. The quantitative estimate of drug-likeness (QED) is 0.467. The van der Waals surface area contributed by atoms with Gasteiger partial charge in [0.2, 0.25) is 15.0 Å². The van der Waals surface area contributed by atoms with Crippen LogP contribution in [0.3, 0.4) is 0 Å². The largest absolute Gasteiger partial charge is 0.465 e. The molecule has 8 heteroatoms. The van der Waals surface area contributed by atoms with Crippen LogP contribution in [0, 0.1) is 5.92 Å². The van der Waals surface area contributed by atoms with Crippen LogP contribution in [0.15, 0.2) is 9.98 Å². The Hall–Kier alpha value is -1.57. The van der Waals surface area contributed by atoms with Gasteiger partial charge in [-0.25, -0.2) is 13.4 Å². The van der Waals surface area contributed by atoms with Gasteiger partial charge < -0.3 is 4.74 Å². The topological polar surface area (TPSA) is 102 Å². The molecule has 0 radical (unpaired) electrons. The van der Waals surface area contributed by atoms with Crippen molar-refractivity contribution < 1.29 is 22.7 Å². The number of hydrogen-bond acceptors (Lipinski definition) is 6. The van der Waals surface area contributed by atoms with Gasteiger partial charge in [0.25, 0.3) is 5.91 Å². The lowest BCUT2D eigenvalue weighted by Crippen LogP contribution is -2.31. The number of ether oxygens (including phenoxy) is 1. The van der Waals surface area contributed by atoms with Crippen molar-refractivity contribution in [3.63, 3.8) is 0 Å². The van der Waals surface area contributed by atoms with Crippen molar-refractivity contribution in [2.45, 2.75) is 6.92 Å². The van der Waals surface area contributed by atoms with E-state index in [2.05, 4.69) is 14.7 Å². The lowest BCUT2D eigenvalue weighted by Gasteiger charge is -2.11.